The van der Waals surface area contributed by atoms with Gasteiger partial charge in [0.1, 0.15) is 17.7 Å². The lowest BCUT2D eigenvalue weighted by Gasteiger charge is -2.15. The molecule has 0 aliphatic heterocycles. The van der Waals surface area contributed by atoms with Crippen LogP contribution in [-0.4, -0.2) is 23.1 Å². The number of carbonyl (C=O) groups is 2. The van der Waals surface area contributed by atoms with Crippen LogP contribution in [0.3, 0.4) is 0 Å². The average Bonchev–Trinajstić information content (AvgIpc) is 2.27. The second-order valence-electron chi connectivity index (χ2n) is 3.71. The second-order valence-corrected chi connectivity index (χ2v) is 3.71. The van der Waals surface area contributed by atoms with E-state index in [1.807, 2.05) is 6.92 Å². The molecule has 0 rings (SSSR count). The highest BCUT2D eigenvalue weighted by Crippen LogP contribution is 2.12. The van der Waals surface area contributed by atoms with Crippen molar-refractivity contribution < 1.29 is 19.4 Å². The Bertz CT molecular complexity index is 330. The number of carboxylic acids is 1. The topological polar surface area (TPSA) is 87.4 Å². The van der Waals surface area contributed by atoms with Gasteiger partial charge in [-0.25, -0.2) is 4.79 Å². The molecule has 0 bridgehead atoms. The van der Waals surface area contributed by atoms with Crippen LogP contribution in [0.5, 0.6) is 0 Å². The fraction of sp³-hybridized carbons (Fsp3) is 0.583. The number of carbonyl (C=O) groups excluding carboxylic acids is 1. The number of carboxylic acid groups (broad SMARTS) is 1. The third kappa shape index (κ3) is 7.12. The van der Waals surface area contributed by atoms with E-state index in [0.717, 1.165) is 19.3 Å². The summed E-state index contributed by atoms with van der Waals surface area (Å²) in [4.78, 5) is 21.8. The van der Waals surface area contributed by atoms with Crippen molar-refractivity contribution in [2.24, 2.45) is 0 Å². The molecule has 0 saturated heterocycles. The normalized spacial score (nSPS) is 11.3. The van der Waals surface area contributed by atoms with Gasteiger partial charge in [0, 0.05) is 0 Å². The van der Waals surface area contributed by atoms with E-state index < -0.39 is 18.0 Å². The van der Waals surface area contributed by atoms with E-state index in [1.54, 1.807) is 6.07 Å². The molecule has 17 heavy (non-hydrogen) atoms. The Kier molecular flexibility index (Phi) is 7.44. The molecule has 0 aliphatic carbocycles. The summed E-state index contributed by atoms with van der Waals surface area (Å²) in [6, 6.07) is 1.57. The van der Waals surface area contributed by atoms with Gasteiger partial charge in [-0.3, -0.25) is 4.79 Å². The Morgan fingerprint density at radius 2 is 2.12 bits per heavy atom. The van der Waals surface area contributed by atoms with Gasteiger partial charge >= 0.3 is 11.9 Å². The Morgan fingerprint density at radius 1 is 1.47 bits per heavy atom. The van der Waals surface area contributed by atoms with Crippen LogP contribution in [0.4, 0.5) is 0 Å². The number of unbranched alkanes of at least 4 members (excludes halogenated alkanes) is 2. The van der Waals surface area contributed by atoms with Crippen LogP contribution in [0.15, 0.2) is 12.2 Å². The van der Waals surface area contributed by atoms with Crippen molar-refractivity contribution in [1.29, 1.82) is 5.26 Å². The zero-order valence-electron chi connectivity index (χ0n) is 9.94. The molecule has 0 heterocycles. The average molecular weight is 239 g/mol. The summed E-state index contributed by atoms with van der Waals surface area (Å²) in [5.74, 6) is -1.86. The van der Waals surface area contributed by atoms with Crippen LogP contribution < -0.4 is 0 Å². The van der Waals surface area contributed by atoms with Gasteiger partial charge < -0.3 is 9.84 Å². The Labute approximate surface area is 101 Å². The lowest BCUT2D eigenvalue weighted by atomic mass is 10.1. The Balaban J connectivity index is 4.28. The summed E-state index contributed by atoms with van der Waals surface area (Å²) in [6.45, 7) is 5.24. The molecular weight excluding hydrogens is 222 g/mol. The fourth-order valence-corrected chi connectivity index (χ4v) is 1.29. The van der Waals surface area contributed by atoms with Crippen LogP contribution in [0, 0.1) is 11.3 Å². The smallest absolute Gasteiger partial charge is 0.348 e. The minimum absolute atomic E-state index is 0.242. The van der Waals surface area contributed by atoms with Gasteiger partial charge in [0.2, 0.25) is 0 Å². The quantitative estimate of drug-likeness (QED) is 0.303. The van der Waals surface area contributed by atoms with Crippen molar-refractivity contribution in [3.63, 3.8) is 0 Å². The minimum atomic E-state index is -1.03. The SMILES string of the molecule is C=C(C#N)C(=O)OC(CCCCC)CC(=O)O. The van der Waals surface area contributed by atoms with Crippen LogP contribution in [-0.2, 0) is 14.3 Å². The highest BCUT2D eigenvalue weighted by atomic mass is 16.5. The molecule has 0 saturated carbocycles. The molecule has 0 aromatic carbocycles. The van der Waals surface area contributed by atoms with E-state index in [4.69, 9.17) is 15.1 Å². The largest absolute Gasteiger partial charge is 0.481 e. The van der Waals surface area contributed by atoms with Gasteiger partial charge in [0.05, 0.1) is 6.42 Å². The van der Waals surface area contributed by atoms with Gasteiger partial charge in [-0.2, -0.15) is 5.26 Å². The van der Waals surface area contributed by atoms with E-state index in [1.165, 1.54) is 0 Å². The highest BCUT2D eigenvalue weighted by Gasteiger charge is 2.19. The molecule has 1 N–H and O–H groups in total. The number of rotatable bonds is 8. The Morgan fingerprint density at radius 3 is 2.59 bits per heavy atom. The van der Waals surface area contributed by atoms with E-state index in [9.17, 15) is 9.59 Å². The zero-order valence-corrected chi connectivity index (χ0v) is 9.94. The summed E-state index contributed by atoms with van der Waals surface area (Å²) in [5.41, 5.74) is -0.309. The van der Waals surface area contributed by atoms with Crippen molar-refractivity contribution in [3.8, 4) is 6.07 Å². The fourth-order valence-electron chi connectivity index (χ4n) is 1.29. The molecule has 0 aromatic heterocycles. The predicted octanol–water partition coefficient (Wildman–Crippen LogP) is 2.03. The van der Waals surface area contributed by atoms with E-state index in [0.29, 0.717) is 6.42 Å². The molecule has 1 unspecified atom stereocenters. The van der Waals surface area contributed by atoms with Gasteiger partial charge in [-0.1, -0.05) is 26.3 Å². The van der Waals surface area contributed by atoms with Gasteiger partial charge in [0.25, 0.3) is 0 Å². The molecule has 0 spiro atoms. The number of hydrogen-bond acceptors (Lipinski definition) is 4. The van der Waals surface area contributed by atoms with Crippen LogP contribution in [0.2, 0.25) is 0 Å². The third-order valence-corrected chi connectivity index (χ3v) is 2.19. The first-order valence-corrected chi connectivity index (χ1v) is 5.53. The third-order valence-electron chi connectivity index (χ3n) is 2.19. The number of aliphatic carboxylic acids is 1. The first kappa shape index (κ1) is 15.2. The second kappa shape index (κ2) is 8.34. The molecule has 5 nitrogen and oxygen atoms in total. The van der Waals surface area contributed by atoms with E-state index in [-0.39, 0.29) is 12.0 Å². The lowest BCUT2D eigenvalue weighted by molar-refractivity contribution is -0.149. The monoisotopic (exact) mass is 239 g/mol. The predicted molar refractivity (Wildman–Crippen MR) is 61.0 cm³/mol. The first-order chi connectivity index (χ1) is 8.01. The summed E-state index contributed by atoms with van der Waals surface area (Å²) in [6.07, 6.45) is 2.31. The first-order valence-electron chi connectivity index (χ1n) is 5.53. The molecule has 94 valence electrons. The van der Waals surface area contributed by atoms with Crippen molar-refractivity contribution in [1.82, 2.24) is 0 Å². The highest BCUT2D eigenvalue weighted by molar-refractivity contribution is 5.92. The van der Waals surface area contributed by atoms with Crippen molar-refractivity contribution in [2.75, 3.05) is 0 Å². The number of nitrogens with zero attached hydrogens (tertiary/aromatic N) is 1. The van der Waals surface area contributed by atoms with Gasteiger partial charge in [-0.15, -0.1) is 0 Å². The molecule has 0 amide bonds. The molecule has 0 aromatic rings. The molecule has 0 radical (unpaired) electrons. The van der Waals surface area contributed by atoms with Crippen LogP contribution >= 0.6 is 0 Å². The maximum absolute atomic E-state index is 11.3. The number of hydrogen-bond donors (Lipinski definition) is 1. The van der Waals surface area contributed by atoms with Crippen LogP contribution in [0.25, 0.3) is 0 Å². The van der Waals surface area contributed by atoms with Gasteiger partial charge in [-0.05, 0) is 12.8 Å². The summed E-state index contributed by atoms with van der Waals surface area (Å²) in [5, 5.41) is 17.1. The molecule has 0 aliphatic rings. The summed E-state index contributed by atoms with van der Waals surface area (Å²) in [7, 11) is 0. The molecule has 1 atom stereocenters. The Hall–Kier alpha value is -1.83. The maximum Gasteiger partial charge on any atom is 0.348 e. The number of ether oxygens (including phenoxy) is 1. The standard InChI is InChI=1S/C12H17NO4/c1-3-4-5-6-10(7-11(14)15)17-12(16)9(2)8-13/h10H,2-7H2,1H3,(H,14,15). The lowest BCUT2D eigenvalue weighted by Crippen LogP contribution is -2.22. The zero-order chi connectivity index (χ0) is 13.3. The summed E-state index contributed by atoms with van der Waals surface area (Å²) >= 11 is 0. The van der Waals surface area contributed by atoms with Crippen molar-refractivity contribution in [2.45, 2.75) is 45.1 Å². The van der Waals surface area contributed by atoms with E-state index in [2.05, 4.69) is 6.58 Å². The van der Waals surface area contributed by atoms with Gasteiger partial charge in [0.15, 0.2) is 0 Å². The molecule has 0 fully saturated rings. The molecular formula is C12H17NO4. The maximum atomic E-state index is 11.3. The van der Waals surface area contributed by atoms with Crippen LogP contribution in [0.1, 0.15) is 39.0 Å². The van der Waals surface area contributed by atoms with E-state index >= 15 is 0 Å². The number of esters is 1. The van der Waals surface area contributed by atoms with Crippen molar-refractivity contribution in [3.05, 3.63) is 12.2 Å². The molecule has 5 heteroatoms. The number of nitriles is 1. The van der Waals surface area contributed by atoms with Crippen molar-refractivity contribution >= 4 is 11.9 Å². The minimum Gasteiger partial charge on any atom is -0.481 e. The summed E-state index contributed by atoms with van der Waals surface area (Å²) < 4.78 is 4.92.